The third kappa shape index (κ3) is 10.2. The number of aromatic nitrogens is 3. The Morgan fingerprint density at radius 3 is 1.30 bits per heavy atom. The molecule has 4 rings (SSSR count). The van der Waals surface area contributed by atoms with Crippen LogP contribution in [-0.4, -0.2) is 53.3 Å². The van der Waals surface area contributed by atoms with Crippen molar-refractivity contribution < 1.29 is 28.5 Å². The SMILES string of the molecule is C=CC(=O)OCCOc1ccc(Nc2nc(Nc3ccccc3)nc(Nc3ccc(OCCOC(=O)C=C)cc3)n2)cc1. The second-order valence-electron chi connectivity index (χ2n) is 8.54. The van der Waals surface area contributed by atoms with Gasteiger partial charge in [-0.15, -0.1) is 0 Å². The summed E-state index contributed by atoms with van der Waals surface area (Å²) in [6, 6.07) is 23.9. The molecule has 0 saturated heterocycles. The predicted molar refractivity (Wildman–Crippen MR) is 162 cm³/mol. The van der Waals surface area contributed by atoms with Crippen molar-refractivity contribution in [1.29, 1.82) is 0 Å². The molecule has 0 spiro atoms. The molecule has 1 heterocycles. The molecule has 3 N–H and O–H groups in total. The van der Waals surface area contributed by atoms with Crippen molar-refractivity contribution in [2.45, 2.75) is 0 Å². The number of para-hydroxylation sites is 1. The van der Waals surface area contributed by atoms with Gasteiger partial charge in [0.1, 0.15) is 37.9 Å². The monoisotopic (exact) mass is 582 g/mol. The van der Waals surface area contributed by atoms with Crippen LogP contribution in [0.4, 0.5) is 34.9 Å². The average Bonchev–Trinajstić information content (AvgIpc) is 3.03. The molecule has 0 fully saturated rings. The van der Waals surface area contributed by atoms with E-state index in [0.29, 0.717) is 40.7 Å². The lowest BCUT2D eigenvalue weighted by Gasteiger charge is -2.12. The first-order chi connectivity index (χ1) is 21.0. The molecule has 0 aliphatic rings. The summed E-state index contributed by atoms with van der Waals surface area (Å²) < 4.78 is 21.0. The molecule has 0 bridgehead atoms. The van der Waals surface area contributed by atoms with E-state index in [4.69, 9.17) is 18.9 Å². The fraction of sp³-hybridized carbons (Fsp3) is 0.129. The second kappa shape index (κ2) is 15.8. The molecular weight excluding hydrogens is 552 g/mol. The van der Waals surface area contributed by atoms with Crippen molar-refractivity contribution in [3.05, 3.63) is 104 Å². The first kappa shape index (κ1) is 30.1. The van der Waals surface area contributed by atoms with Crippen LogP contribution in [0, 0.1) is 0 Å². The van der Waals surface area contributed by atoms with Crippen molar-refractivity contribution in [1.82, 2.24) is 15.0 Å². The minimum absolute atomic E-state index is 0.117. The number of benzene rings is 3. The molecule has 0 aliphatic heterocycles. The van der Waals surface area contributed by atoms with Crippen molar-refractivity contribution in [3.8, 4) is 11.5 Å². The van der Waals surface area contributed by atoms with Crippen LogP contribution in [0.1, 0.15) is 0 Å². The number of esters is 2. The highest BCUT2D eigenvalue weighted by molar-refractivity contribution is 5.81. The standard InChI is InChI=1S/C31H30N6O6/c1-3-27(38)42-20-18-40-25-14-10-23(11-15-25)33-30-35-29(32-22-8-6-5-7-9-22)36-31(37-30)34-24-12-16-26(17-13-24)41-19-21-43-28(39)4-2/h3-17H,1-2,18-21H2,(H3,32,33,34,35,36,37). The minimum Gasteiger partial charge on any atom is -0.490 e. The maximum atomic E-state index is 11.1. The summed E-state index contributed by atoms with van der Waals surface area (Å²) in [5.41, 5.74) is 2.24. The van der Waals surface area contributed by atoms with Gasteiger partial charge in [-0.3, -0.25) is 0 Å². The maximum Gasteiger partial charge on any atom is 0.330 e. The van der Waals surface area contributed by atoms with Gasteiger partial charge in [0.05, 0.1) is 0 Å². The van der Waals surface area contributed by atoms with Gasteiger partial charge in [0.15, 0.2) is 0 Å². The Kier molecular flexibility index (Phi) is 11.0. The average molecular weight is 583 g/mol. The number of nitrogens with one attached hydrogen (secondary N) is 3. The number of carbonyl (C=O) groups is 2. The van der Waals surface area contributed by atoms with E-state index in [2.05, 4.69) is 44.1 Å². The molecule has 0 atom stereocenters. The molecule has 12 nitrogen and oxygen atoms in total. The number of hydrogen-bond acceptors (Lipinski definition) is 12. The molecule has 0 unspecified atom stereocenters. The zero-order valence-electron chi connectivity index (χ0n) is 23.2. The van der Waals surface area contributed by atoms with Gasteiger partial charge in [-0.05, 0) is 60.7 Å². The number of anilines is 6. The highest BCUT2D eigenvalue weighted by atomic mass is 16.6. The molecule has 43 heavy (non-hydrogen) atoms. The van der Waals surface area contributed by atoms with Crippen molar-refractivity contribution >= 4 is 46.8 Å². The highest BCUT2D eigenvalue weighted by Crippen LogP contribution is 2.23. The van der Waals surface area contributed by atoms with E-state index in [0.717, 1.165) is 17.8 Å². The number of carbonyl (C=O) groups excluding carboxylic acids is 2. The predicted octanol–water partition coefficient (Wildman–Crippen LogP) is 5.32. The summed E-state index contributed by atoms with van der Waals surface area (Å²) in [5, 5.41) is 9.56. The zero-order chi connectivity index (χ0) is 30.3. The van der Waals surface area contributed by atoms with Crippen LogP contribution in [0.5, 0.6) is 11.5 Å². The van der Waals surface area contributed by atoms with Gasteiger partial charge in [-0.1, -0.05) is 31.4 Å². The lowest BCUT2D eigenvalue weighted by Crippen LogP contribution is -2.10. The van der Waals surface area contributed by atoms with Crippen molar-refractivity contribution in [2.75, 3.05) is 42.4 Å². The quantitative estimate of drug-likeness (QED) is 0.0893. The van der Waals surface area contributed by atoms with Crippen LogP contribution in [0.15, 0.2) is 104 Å². The highest BCUT2D eigenvalue weighted by Gasteiger charge is 2.09. The number of rotatable bonds is 16. The molecule has 12 heteroatoms. The number of ether oxygens (including phenoxy) is 4. The largest absolute Gasteiger partial charge is 0.490 e. The molecule has 0 saturated carbocycles. The summed E-state index contributed by atoms with van der Waals surface area (Å²) in [6.45, 7) is 7.36. The third-order valence-corrected chi connectivity index (χ3v) is 5.41. The molecule has 1 aromatic heterocycles. The first-order valence-electron chi connectivity index (χ1n) is 13.2. The summed E-state index contributed by atoms with van der Waals surface area (Å²) in [6.07, 6.45) is 2.20. The first-order valence-corrected chi connectivity index (χ1v) is 13.2. The lowest BCUT2D eigenvalue weighted by molar-refractivity contribution is -0.139. The normalized spacial score (nSPS) is 10.1. The van der Waals surface area contributed by atoms with Crippen LogP contribution in [0.3, 0.4) is 0 Å². The van der Waals surface area contributed by atoms with Crippen molar-refractivity contribution in [2.24, 2.45) is 0 Å². The Hall–Kier alpha value is -5.91. The maximum absolute atomic E-state index is 11.1. The molecule has 4 aromatic rings. The van der Waals surface area contributed by atoms with Gasteiger partial charge in [-0.25, -0.2) is 9.59 Å². The van der Waals surface area contributed by atoms with E-state index >= 15 is 0 Å². The van der Waals surface area contributed by atoms with Gasteiger partial charge in [-0.2, -0.15) is 15.0 Å². The summed E-state index contributed by atoms with van der Waals surface area (Å²) in [5.74, 6) is 1.15. The zero-order valence-corrected chi connectivity index (χ0v) is 23.2. The Morgan fingerprint density at radius 2 is 0.930 bits per heavy atom. The van der Waals surface area contributed by atoms with Crippen LogP contribution in [0.25, 0.3) is 0 Å². The molecular formula is C31H30N6O6. The Balaban J connectivity index is 1.41. The Morgan fingerprint density at radius 1 is 0.558 bits per heavy atom. The Labute approximate surface area is 248 Å². The topological polar surface area (TPSA) is 146 Å². The lowest BCUT2D eigenvalue weighted by atomic mass is 10.3. The van der Waals surface area contributed by atoms with Gasteiger partial charge in [0.25, 0.3) is 0 Å². The number of hydrogen-bond donors (Lipinski definition) is 3. The minimum atomic E-state index is -0.498. The van der Waals surface area contributed by atoms with Gasteiger partial charge >= 0.3 is 11.9 Å². The third-order valence-electron chi connectivity index (χ3n) is 5.41. The summed E-state index contributed by atoms with van der Waals surface area (Å²) >= 11 is 0. The fourth-order valence-corrected chi connectivity index (χ4v) is 3.44. The number of nitrogens with zero attached hydrogens (tertiary/aromatic N) is 3. The van der Waals surface area contributed by atoms with E-state index < -0.39 is 11.9 Å². The van der Waals surface area contributed by atoms with Crippen LogP contribution in [0.2, 0.25) is 0 Å². The smallest absolute Gasteiger partial charge is 0.330 e. The second-order valence-corrected chi connectivity index (χ2v) is 8.54. The molecule has 3 aromatic carbocycles. The molecule has 220 valence electrons. The van der Waals surface area contributed by atoms with E-state index in [9.17, 15) is 9.59 Å². The van der Waals surface area contributed by atoms with E-state index in [1.165, 1.54) is 0 Å². The summed E-state index contributed by atoms with van der Waals surface area (Å²) in [7, 11) is 0. The van der Waals surface area contributed by atoms with Crippen LogP contribution < -0.4 is 25.4 Å². The Bertz CT molecular complexity index is 1420. The van der Waals surface area contributed by atoms with Crippen LogP contribution in [-0.2, 0) is 19.1 Å². The van der Waals surface area contributed by atoms with E-state index in [1.54, 1.807) is 24.3 Å². The fourth-order valence-electron chi connectivity index (χ4n) is 3.44. The van der Waals surface area contributed by atoms with E-state index in [1.807, 2.05) is 54.6 Å². The molecule has 0 radical (unpaired) electrons. The van der Waals surface area contributed by atoms with Gasteiger partial charge in [0.2, 0.25) is 17.8 Å². The van der Waals surface area contributed by atoms with Gasteiger partial charge < -0.3 is 34.9 Å². The van der Waals surface area contributed by atoms with Crippen molar-refractivity contribution in [3.63, 3.8) is 0 Å². The summed E-state index contributed by atoms with van der Waals surface area (Å²) in [4.78, 5) is 35.8. The molecule has 0 amide bonds. The van der Waals surface area contributed by atoms with E-state index in [-0.39, 0.29) is 26.4 Å². The molecule has 0 aliphatic carbocycles. The van der Waals surface area contributed by atoms with Gasteiger partial charge in [0, 0.05) is 29.2 Å². The van der Waals surface area contributed by atoms with Crippen LogP contribution >= 0.6 is 0 Å².